The predicted octanol–water partition coefficient (Wildman–Crippen LogP) is -0.432. The van der Waals surface area contributed by atoms with E-state index >= 15 is 4.39 Å². The van der Waals surface area contributed by atoms with Gasteiger partial charge in [0.2, 0.25) is 0 Å². The molecule has 138 valence electrons. The van der Waals surface area contributed by atoms with Gasteiger partial charge in [0.15, 0.2) is 11.9 Å². The molecular formula is C17H16FN2O6-. The number of aromatic nitrogens is 2. The van der Waals surface area contributed by atoms with E-state index in [0.717, 1.165) is 23.8 Å². The van der Waals surface area contributed by atoms with Crippen LogP contribution in [-0.4, -0.2) is 32.4 Å². The van der Waals surface area contributed by atoms with E-state index in [0.29, 0.717) is 0 Å². The van der Waals surface area contributed by atoms with Gasteiger partial charge in [0, 0.05) is 17.8 Å². The summed E-state index contributed by atoms with van der Waals surface area (Å²) in [5.74, 6) is -1.41. The second-order valence-corrected chi connectivity index (χ2v) is 6.33. The fraction of sp³-hybridized carbons (Fsp3) is 0.353. The lowest BCUT2D eigenvalue weighted by atomic mass is 9.91. The highest BCUT2D eigenvalue weighted by Crippen LogP contribution is 2.47. The number of carboxylic acids is 1. The predicted molar refractivity (Wildman–Crippen MR) is 85.2 cm³/mol. The Hall–Kier alpha value is -2.78. The molecule has 1 aliphatic heterocycles. The van der Waals surface area contributed by atoms with Crippen LogP contribution in [0.25, 0.3) is 0 Å². The van der Waals surface area contributed by atoms with Gasteiger partial charge in [-0.2, -0.15) is 0 Å². The van der Waals surface area contributed by atoms with Crippen LogP contribution in [0.1, 0.15) is 40.7 Å². The summed E-state index contributed by atoms with van der Waals surface area (Å²) in [6, 6.07) is 5.29. The van der Waals surface area contributed by atoms with Crippen molar-refractivity contribution in [2.24, 2.45) is 0 Å². The summed E-state index contributed by atoms with van der Waals surface area (Å²) < 4.78 is 21.6. The zero-order valence-electron chi connectivity index (χ0n) is 13.9. The molecule has 1 aromatic heterocycles. The van der Waals surface area contributed by atoms with E-state index < -0.39 is 41.3 Å². The molecule has 1 fully saturated rings. The first-order valence-corrected chi connectivity index (χ1v) is 7.79. The summed E-state index contributed by atoms with van der Waals surface area (Å²) in [5, 5.41) is 21.6. The number of alkyl halides is 1. The molecule has 0 amide bonds. The fourth-order valence-corrected chi connectivity index (χ4v) is 3.16. The van der Waals surface area contributed by atoms with E-state index in [1.165, 1.54) is 25.1 Å². The highest BCUT2D eigenvalue weighted by molar-refractivity contribution is 5.88. The number of H-pyrrole nitrogens is 1. The molecule has 0 unspecified atom stereocenters. The number of nitrogens with zero attached hydrogens (tertiary/aromatic N) is 1. The van der Waals surface area contributed by atoms with Gasteiger partial charge in [-0.3, -0.25) is 14.3 Å². The molecule has 1 aromatic carbocycles. The van der Waals surface area contributed by atoms with Crippen molar-refractivity contribution < 1.29 is 24.1 Å². The van der Waals surface area contributed by atoms with Gasteiger partial charge in [-0.1, -0.05) is 18.2 Å². The van der Waals surface area contributed by atoms with E-state index in [-0.39, 0.29) is 16.7 Å². The van der Waals surface area contributed by atoms with Gasteiger partial charge < -0.3 is 19.7 Å². The zero-order valence-corrected chi connectivity index (χ0v) is 13.9. The number of rotatable bonds is 3. The average molecular weight is 363 g/mol. The Bertz CT molecular complexity index is 980. The second kappa shape index (κ2) is 6.19. The quantitative estimate of drug-likeness (QED) is 0.762. The molecule has 2 heterocycles. The van der Waals surface area contributed by atoms with Gasteiger partial charge in [0.05, 0.1) is 5.97 Å². The molecule has 0 spiro atoms. The minimum absolute atomic E-state index is 0.108. The number of carboxylic acid groups (broad SMARTS) is 1. The molecular weight excluding hydrogens is 347 g/mol. The summed E-state index contributed by atoms with van der Waals surface area (Å²) in [4.78, 5) is 36.4. The molecule has 0 saturated carbocycles. The maximum absolute atomic E-state index is 15.2. The van der Waals surface area contributed by atoms with E-state index in [2.05, 4.69) is 0 Å². The topological polar surface area (TPSA) is 124 Å². The number of carbonyl (C=O) groups excluding carboxylic acids is 1. The smallest absolute Gasteiger partial charge is 0.330 e. The molecule has 8 nitrogen and oxygen atoms in total. The summed E-state index contributed by atoms with van der Waals surface area (Å²) in [5.41, 5.74) is -3.50. The van der Waals surface area contributed by atoms with Crippen molar-refractivity contribution in [1.29, 1.82) is 0 Å². The van der Waals surface area contributed by atoms with Crippen LogP contribution in [0.5, 0.6) is 0 Å². The number of hydrogen-bond acceptors (Lipinski definition) is 6. The SMILES string of the molecule is Cc1c(C(=O)[O-])cccc1[C@H]1O[C@@H](n2ccc(=O)[nH]c2=O)[C@](C)(F)[C@@H]1O. The van der Waals surface area contributed by atoms with Crippen molar-refractivity contribution in [3.8, 4) is 0 Å². The van der Waals surface area contributed by atoms with Crippen LogP contribution in [0.4, 0.5) is 4.39 Å². The monoisotopic (exact) mass is 363 g/mol. The highest BCUT2D eigenvalue weighted by atomic mass is 19.1. The molecule has 26 heavy (non-hydrogen) atoms. The lowest BCUT2D eigenvalue weighted by Gasteiger charge is -2.24. The number of benzene rings is 1. The Morgan fingerprint density at radius 2 is 2.08 bits per heavy atom. The maximum atomic E-state index is 15.2. The Morgan fingerprint density at radius 3 is 2.69 bits per heavy atom. The van der Waals surface area contributed by atoms with E-state index in [1.54, 1.807) is 0 Å². The van der Waals surface area contributed by atoms with Gasteiger partial charge in [-0.15, -0.1) is 0 Å². The highest BCUT2D eigenvalue weighted by Gasteiger charge is 2.56. The number of hydrogen-bond donors (Lipinski definition) is 2. The minimum atomic E-state index is -2.38. The lowest BCUT2D eigenvalue weighted by Crippen LogP contribution is -2.42. The van der Waals surface area contributed by atoms with Crippen molar-refractivity contribution >= 4 is 5.97 Å². The van der Waals surface area contributed by atoms with Crippen molar-refractivity contribution in [2.45, 2.75) is 38.0 Å². The Kier molecular flexibility index (Phi) is 4.29. The van der Waals surface area contributed by atoms with Crippen LogP contribution in [0.3, 0.4) is 0 Å². The molecule has 2 aromatic rings. The summed E-state index contributed by atoms with van der Waals surface area (Å²) in [7, 11) is 0. The van der Waals surface area contributed by atoms with Crippen LogP contribution in [-0.2, 0) is 4.74 Å². The van der Waals surface area contributed by atoms with Gasteiger partial charge in [-0.25, -0.2) is 9.18 Å². The van der Waals surface area contributed by atoms with Crippen LogP contribution in [0, 0.1) is 6.92 Å². The van der Waals surface area contributed by atoms with Crippen LogP contribution >= 0.6 is 0 Å². The summed E-state index contributed by atoms with van der Waals surface area (Å²) in [6.07, 6.45) is -3.34. The molecule has 3 rings (SSSR count). The molecule has 1 saturated heterocycles. The van der Waals surface area contributed by atoms with E-state index in [1.807, 2.05) is 4.98 Å². The van der Waals surface area contributed by atoms with Crippen LogP contribution in [0.15, 0.2) is 40.1 Å². The normalized spacial score (nSPS) is 28.2. The first kappa shape index (κ1) is 18.0. The molecule has 0 bridgehead atoms. The van der Waals surface area contributed by atoms with Crippen molar-refractivity contribution in [2.75, 3.05) is 0 Å². The first-order chi connectivity index (χ1) is 12.1. The average Bonchev–Trinajstić information content (AvgIpc) is 2.78. The third-order valence-corrected chi connectivity index (χ3v) is 4.63. The molecule has 4 atom stereocenters. The molecule has 2 N–H and O–H groups in total. The Labute approximate surface area is 146 Å². The number of nitrogens with one attached hydrogen (secondary N) is 1. The Morgan fingerprint density at radius 1 is 1.38 bits per heavy atom. The van der Waals surface area contributed by atoms with Crippen LogP contribution in [0.2, 0.25) is 0 Å². The fourth-order valence-electron chi connectivity index (χ4n) is 3.16. The van der Waals surface area contributed by atoms with Crippen molar-refractivity contribution in [1.82, 2.24) is 9.55 Å². The van der Waals surface area contributed by atoms with Crippen LogP contribution < -0.4 is 16.4 Å². The number of halogens is 1. The molecule has 0 radical (unpaired) electrons. The van der Waals surface area contributed by atoms with Gasteiger partial charge in [-0.05, 0) is 25.0 Å². The van der Waals surface area contributed by atoms with E-state index in [9.17, 15) is 24.6 Å². The van der Waals surface area contributed by atoms with Crippen molar-refractivity contribution in [3.63, 3.8) is 0 Å². The van der Waals surface area contributed by atoms with Gasteiger partial charge >= 0.3 is 5.69 Å². The number of aliphatic hydroxyl groups is 1. The third kappa shape index (κ3) is 2.74. The molecule has 1 aliphatic rings. The van der Waals surface area contributed by atoms with Crippen molar-refractivity contribution in [3.05, 3.63) is 68.0 Å². The first-order valence-electron chi connectivity index (χ1n) is 7.79. The van der Waals surface area contributed by atoms with E-state index in [4.69, 9.17) is 4.74 Å². The maximum Gasteiger partial charge on any atom is 0.330 e. The molecule has 0 aliphatic carbocycles. The number of carbonyl (C=O) groups is 1. The second-order valence-electron chi connectivity index (χ2n) is 6.33. The number of aromatic amines is 1. The number of ether oxygens (including phenoxy) is 1. The van der Waals surface area contributed by atoms with Gasteiger partial charge in [0.1, 0.15) is 12.2 Å². The number of aliphatic hydroxyl groups excluding tert-OH is 1. The standard InChI is InChI=1S/C17H17FN2O6/c1-8-9(4-3-5-10(8)14(23)24)12-13(22)17(2,18)15(26-12)20-7-6-11(21)19-16(20)25/h3-7,12-13,15,22H,1-2H3,(H,23,24)(H,19,21,25)/p-1/t12-,13-,15-,17-/m1/s1. The lowest BCUT2D eigenvalue weighted by molar-refractivity contribution is -0.255. The minimum Gasteiger partial charge on any atom is -0.545 e. The zero-order chi connectivity index (χ0) is 19.2. The summed E-state index contributed by atoms with van der Waals surface area (Å²) >= 11 is 0. The molecule has 9 heteroatoms. The summed E-state index contributed by atoms with van der Waals surface area (Å²) in [6.45, 7) is 2.56. The largest absolute Gasteiger partial charge is 0.545 e. The number of aromatic carboxylic acids is 1. The van der Waals surface area contributed by atoms with Gasteiger partial charge in [0.25, 0.3) is 5.56 Å². The third-order valence-electron chi connectivity index (χ3n) is 4.63. The Balaban J connectivity index is 2.08.